The molecule has 2 aromatic carbocycles. The Morgan fingerprint density at radius 3 is 2.21 bits per heavy atom. The summed E-state index contributed by atoms with van der Waals surface area (Å²) >= 11 is 0. The number of sulfone groups is 1. The molecule has 0 amide bonds. The number of sulfonamides is 1. The van der Waals surface area contributed by atoms with Gasteiger partial charge >= 0.3 is 6.18 Å². The molecular weight excluding hydrogens is 417 g/mol. The standard InChI is InChI=1S/C17H17F3N2O4S2/c18-17(19,20)15-7-6-14(27(23,24)13-4-2-1-3-5-13)10-16(15)28(25,26)22-12-8-9-21-11-12/h1-7,10,12,21-22H,8-9,11H2. The summed E-state index contributed by atoms with van der Waals surface area (Å²) in [6.45, 7) is 0.810. The zero-order valence-electron chi connectivity index (χ0n) is 14.4. The summed E-state index contributed by atoms with van der Waals surface area (Å²) in [4.78, 5) is -1.79. The van der Waals surface area contributed by atoms with Crippen LogP contribution in [-0.4, -0.2) is 36.0 Å². The van der Waals surface area contributed by atoms with Gasteiger partial charge in [0.1, 0.15) is 0 Å². The molecule has 3 rings (SSSR count). The Morgan fingerprint density at radius 2 is 1.64 bits per heavy atom. The number of benzene rings is 2. The predicted octanol–water partition coefficient (Wildman–Crippen LogP) is 2.18. The monoisotopic (exact) mass is 434 g/mol. The van der Waals surface area contributed by atoms with Gasteiger partial charge < -0.3 is 5.32 Å². The highest BCUT2D eigenvalue weighted by Crippen LogP contribution is 2.36. The van der Waals surface area contributed by atoms with Gasteiger partial charge in [-0.25, -0.2) is 21.6 Å². The van der Waals surface area contributed by atoms with Crippen LogP contribution in [0.5, 0.6) is 0 Å². The molecule has 2 aromatic rings. The number of halogens is 3. The third-order valence-electron chi connectivity index (χ3n) is 4.29. The van der Waals surface area contributed by atoms with Crippen LogP contribution in [0.25, 0.3) is 0 Å². The van der Waals surface area contributed by atoms with E-state index in [4.69, 9.17) is 0 Å². The lowest BCUT2D eigenvalue weighted by Gasteiger charge is -2.17. The SMILES string of the molecule is O=S(=O)(NC1CCNC1)c1cc(S(=O)(=O)c2ccccc2)ccc1C(F)(F)F. The van der Waals surface area contributed by atoms with Crippen molar-refractivity contribution in [3.05, 3.63) is 54.1 Å². The zero-order valence-corrected chi connectivity index (χ0v) is 16.0. The molecule has 1 fully saturated rings. The lowest BCUT2D eigenvalue weighted by molar-refractivity contribution is -0.139. The van der Waals surface area contributed by atoms with E-state index in [-0.39, 0.29) is 11.4 Å². The van der Waals surface area contributed by atoms with Crippen molar-refractivity contribution in [2.24, 2.45) is 0 Å². The summed E-state index contributed by atoms with van der Waals surface area (Å²) in [5, 5.41) is 2.90. The fourth-order valence-electron chi connectivity index (χ4n) is 2.90. The molecule has 152 valence electrons. The minimum Gasteiger partial charge on any atom is -0.315 e. The molecule has 0 spiro atoms. The smallest absolute Gasteiger partial charge is 0.315 e. The summed E-state index contributed by atoms with van der Waals surface area (Å²) in [5.41, 5.74) is -1.42. The molecule has 6 nitrogen and oxygen atoms in total. The Kier molecular flexibility index (Phi) is 5.54. The average Bonchev–Trinajstić information content (AvgIpc) is 3.13. The quantitative estimate of drug-likeness (QED) is 0.753. The van der Waals surface area contributed by atoms with Gasteiger partial charge in [0.25, 0.3) is 0 Å². The van der Waals surface area contributed by atoms with Crippen molar-refractivity contribution >= 4 is 19.9 Å². The largest absolute Gasteiger partial charge is 0.417 e. The number of hydrogen-bond donors (Lipinski definition) is 2. The molecule has 2 N–H and O–H groups in total. The minimum atomic E-state index is -4.97. The van der Waals surface area contributed by atoms with Crippen LogP contribution in [0.2, 0.25) is 0 Å². The molecule has 28 heavy (non-hydrogen) atoms. The van der Waals surface area contributed by atoms with Crippen molar-refractivity contribution in [2.45, 2.75) is 33.3 Å². The van der Waals surface area contributed by atoms with E-state index in [0.29, 0.717) is 25.1 Å². The molecule has 1 saturated heterocycles. The lowest BCUT2D eigenvalue weighted by atomic mass is 10.2. The number of alkyl halides is 3. The average molecular weight is 434 g/mol. The van der Waals surface area contributed by atoms with Crippen LogP contribution in [-0.2, 0) is 26.0 Å². The van der Waals surface area contributed by atoms with E-state index in [1.165, 1.54) is 24.3 Å². The summed E-state index contributed by atoms with van der Waals surface area (Å²) in [5.74, 6) is 0. The Labute approximate surface area is 160 Å². The second-order valence-corrected chi connectivity index (χ2v) is 9.92. The van der Waals surface area contributed by atoms with E-state index in [9.17, 15) is 30.0 Å². The van der Waals surface area contributed by atoms with Crippen LogP contribution in [0, 0.1) is 0 Å². The fourth-order valence-corrected chi connectivity index (χ4v) is 5.80. The summed E-state index contributed by atoms with van der Waals surface area (Å²) < 4.78 is 93.1. The first-order valence-corrected chi connectivity index (χ1v) is 11.2. The van der Waals surface area contributed by atoms with Gasteiger partial charge in [-0.1, -0.05) is 18.2 Å². The Balaban J connectivity index is 2.13. The number of nitrogens with one attached hydrogen (secondary N) is 2. The third-order valence-corrected chi connectivity index (χ3v) is 7.62. The molecule has 1 heterocycles. The molecule has 0 saturated carbocycles. The van der Waals surface area contributed by atoms with Crippen LogP contribution in [0.3, 0.4) is 0 Å². The first-order valence-electron chi connectivity index (χ1n) is 8.26. The fraction of sp³-hybridized carbons (Fsp3) is 0.294. The molecular formula is C17H17F3N2O4S2. The molecule has 11 heteroatoms. The number of rotatable bonds is 5. The Hall–Kier alpha value is -1.95. The molecule has 0 aliphatic carbocycles. The van der Waals surface area contributed by atoms with Crippen molar-refractivity contribution in [3.63, 3.8) is 0 Å². The van der Waals surface area contributed by atoms with Gasteiger partial charge in [-0.2, -0.15) is 13.2 Å². The van der Waals surface area contributed by atoms with Gasteiger partial charge in [-0.15, -0.1) is 0 Å². The van der Waals surface area contributed by atoms with E-state index >= 15 is 0 Å². The van der Waals surface area contributed by atoms with Gasteiger partial charge in [0, 0.05) is 12.6 Å². The van der Waals surface area contributed by atoms with Crippen molar-refractivity contribution < 1.29 is 30.0 Å². The highest BCUT2D eigenvalue weighted by atomic mass is 32.2. The molecule has 1 atom stereocenters. The van der Waals surface area contributed by atoms with E-state index in [1.54, 1.807) is 6.07 Å². The van der Waals surface area contributed by atoms with Crippen LogP contribution in [0.15, 0.2) is 63.2 Å². The van der Waals surface area contributed by atoms with Gasteiger partial charge in [0.2, 0.25) is 19.9 Å². The lowest BCUT2D eigenvalue weighted by Crippen LogP contribution is -2.37. The second-order valence-electron chi connectivity index (χ2n) is 6.28. The first-order chi connectivity index (χ1) is 13.0. The van der Waals surface area contributed by atoms with Crippen molar-refractivity contribution in [3.8, 4) is 0 Å². The van der Waals surface area contributed by atoms with Crippen LogP contribution >= 0.6 is 0 Å². The van der Waals surface area contributed by atoms with E-state index in [1.807, 2.05) is 0 Å². The van der Waals surface area contributed by atoms with Gasteiger partial charge in [0.15, 0.2) is 0 Å². The van der Waals surface area contributed by atoms with E-state index in [2.05, 4.69) is 10.0 Å². The summed E-state index contributed by atoms with van der Waals surface area (Å²) in [6, 6.07) is 8.32. The van der Waals surface area contributed by atoms with Gasteiger partial charge in [0.05, 0.1) is 20.2 Å². The summed E-state index contributed by atoms with van der Waals surface area (Å²) in [7, 11) is -8.78. The molecule has 1 unspecified atom stereocenters. The first kappa shape index (κ1) is 20.8. The van der Waals surface area contributed by atoms with Crippen LogP contribution in [0.1, 0.15) is 12.0 Å². The highest BCUT2D eigenvalue weighted by molar-refractivity contribution is 7.91. The highest BCUT2D eigenvalue weighted by Gasteiger charge is 2.39. The van der Waals surface area contributed by atoms with Crippen molar-refractivity contribution in [1.82, 2.24) is 10.0 Å². The molecule has 1 aliphatic rings. The third kappa shape index (κ3) is 4.22. The molecule has 0 radical (unpaired) electrons. The second kappa shape index (κ2) is 7.47. The van der Waals surface area contributed by atoms with Gasteiger partial charge in [-0.3, -0.25) is 0 Å². The Bertz CT molecular complexity index is 1060. The zero-order chi connectivity index (χ0) is 20.6. The summed E-state index contributed by atoms with van der Waals surface area (Å²) in [6.07, 6.45) is -4.55. The minimum absolute atomic E-state index is 0.147. The van der Waals surface area contributed by atoms with Crippen LogP contribution in [0.4, 0.5) is 13.2 Å². The molecule has 0 aromatic heterocycles. The van der Waals surface area contributed by atoms with Gasteiger partial charge in [-0.05, 0) is 43.3 Å². The normalized spacial score (nSPS) is 18.3. The topological polar surface area (TPSA) is 92.3 Å². The molecule has 0 bridgehead atoms. The Morgan fingerprint density at radius 1 is 0.964 bits per heavy atom. The predicted molar refractivity (Wildman–Crippen MR) is 94.9 cm³/mol. The van der Waals surface area contributed by atoms with Crippen molar-refractivity contribution in [1.29, 1.82) is 0 Å². The molecule has 1 aliphatic heterocycles. The maximum Gasteiger partial charge on any atom is 0.417 e. The van der Waals surface area contributed by atoms with E-state index in [0.717, 1.165) is 6.07 Å². The van der Waals surface area contributed by atoms with Crippen molar-refractivity contribution in [2.75, 3.05) is 13.1 Å². The maximum atomic E-state index is 13.4. The van der Waals surface area contributed by atoms with E-state index < -0.39 is 47.4 Å². The number of hydrogen-bond acceptors (Lipinski definition) is 5. The maximum absolute atomic E-state index is 13.4. The van der Waals surface area contributed by atoms with Crippen LogP contribution < -0.4 is 10.0 Å².